The van der Waals surface area contributed by atoms with Crippen LogP contribution < -0.4 is 9.64 Å². The average molecular weight is 241 g/mol. The summed E-state index contributed by atoms with van der Waals surface area (Å²) in [5.41, 5.74) is 0. The summed E-state index contributed by atoms with van der Waals surface area (Å²) in [6, 6.07) is 2.40. The molecule has 0 amide bonds. The van der Waals surface area contributed by atoms with Gasteiger partial charge in [-0.2, -0.15) is 10.2 Å². The molecule has 1 unspecified atom stereocenters. The second-order valence-corrected chi connectivity index (χ2v) is 3.76. The molecule has 1 atom stereocenters. The highest BCUT2D eigenvalue weighted by atomic mass is 35.5. The quantitative estimate of drug-likeness (QED) is 0.804. The van der Waals surface area contributed by atoms with Crippen molar-refractivity contribution in [3.05, 3.63) is 11.2 Å². The molecule has 0 aromatic carbocycles. The van der Waals surface area contributed by atoms with Crippen molar-refractivity contribution in [1.29, 1.82) is 5.26 Å². The van der Waals surface area contributed by atoms with Crippen molar-refractivity contribution in [2.45, 2.75) is 19.4 Å². The van der Waals surface area contributed by atoms with Gasteiger partial charge in [0.25, 0.3) is 0 Å². The van der Waals surface area contributed by atoms with Crippen LogP contribution in [0.25, 0.3) is 0 Å². The zero-order valence-electron chi connectivity index (χ0n) is 9.44. The Morgan fingerprint density at radius 2 is 2.38 bits per heavy atom. The lowest BCUT2D eigenvalue weighted by atomic mass is 10.2. The minimum absolute atomic E-state index is 0.0297. The maximum Gasteiger partial charge on any atom is 0.318 e. The Morgan fingerprint density at radius 1 is 1.69 bits per heavy atom. The van der Waals surface area contributed by atoms with E-state index in [0.29, 0.717) is 17.3 Å². The van der Waals surface area contributed by atoms with Crippen LogP contribution in [0.2, 0.25) is 5.02 Å². The predicted molar refractivity (Wildman–Crippen MR) is 61.7 cm³/mol. The van der Waals surface area contributed by atoms with Crippen LogP contribution in [0.3, 0.4) is 0 Å². The molecule has 0 fully saturated rings. The molecule has 1 heterocycles. The Hall–Kier alpha value is -1.54. The maximum absolute atomic E-state index is 8.64. The molecule has 0 aliphatic carbocycles. The largest absolute Gasteiger partial charge is 0.467 e. The Labute approximate surface area is 99.6 Å². The summed E-state index contributed by atoms with van der Waals surface area (Å²) in [6.45, 7) is 1.92. The predicted octanol–water partition coefficient (Wildman–Crippen LogP) is 1.88. The number of ether oxygens (including phenoxy) is 1. The summed E-state index contributed by atoms with van der Waals surface area (Å²) in [6.07, 6.45) is 1.89. The summed E-state index contributed by atoms with van der Waals surface area (Å²) in [5, 5.41) is 9.07. The van der Waals surface area contributed by atoms with Gasteiger partial charge in [-0.3, -0.25) is 0 Å². The van der Waals surface area contributed by atoms with Gasteiger partial charge < -0.3 is 9.64 Å². The number of hydrogen-bond acceptors (Lipinski definition) is 5. The van der Waals surface area contributed by atoms with E-state index in [2.05, 4.69) is 16.0 Å². The van der Waals surface area contributed by atoms with Crippen LogP contribution in [0.4, 0.5) is 5.82 Å². The van der Waals surface area contributed by atoms with Crippen LogP contribution in [-0.4, -0.2) is 30.2 Å². The first-order valence-corrected chi connectivity index (χ1v) is 5.14. The minimum Gasteiger partial charge on any atom is -0.467 e. The normalized spacial score (nSPS) is 11.7. The highest BCUT2D eigenvalue weighted by Gasteiger charge is 2.15. The van der Waals surface area contributed by atoms with Gasteiger partial charge in [-0.25, -0.2) is 4.98 Å². The molecule has 1 aromatic heterocycles. The molecule has 0 saturated heterocycles. The number of nitriles is 1. The molecule has 0 N–H and O–H groups in total. The number of aromatic nitrogens is 2. The van der Waals surface area contributed by atoms with Gasteiger partial charge in [0.1, 0.15) is 5.02 Å². The van der Waals surface area contributed by atoms with E-state index >= 15 is 0 Å². The van der Waals surface area contributed by atoms with Crippen molar-refractivity contribution in [2.24, 2.45) is 0 Å². The van der Waals surface area contributed by atoms with Gasteiger partial charge in [-0.05, 0) is 6.92 Å². The molecule has 5 nitrogen and oxygen atoms in total. The first-order valence-electron chi connectivity index (χ1n) is 4.76. The molecule has 0 aliphatic rings. The topological polar surface area (TPSA) is 62.0 Å². The lowest BCUT2D eigenvalue weighted by Gasteiger charge is -2.24. The smallest absolute Gasteiger partial charge is 0.318 e. The summed E-state index contributed by atoms with van der Waals surface area (Å²) in [5.74, 6) is 0.566. The first-order chi connectivity index (χ1) is 7.60. The van der Waals surface area contributed by atoms with E-state index < -0.39 is 0 Å². The summed E-state index contributed by atoms with van der Waals surface area (Å²) >= 11 is 5.99. The number of rotatable bonds is 4. The Kier molecular flexibility index (Phi) is 4.32. The van der Waals surface area contributed by atoms with Crippen molar-refractivity contribution < 1.29 is 4.74 Å². The molecule has 1 aromatic rings. The van der Waals surface area contributed by atoms with Crippen molar-refractivity contribution in [3.63, 3.8) is 0 Å². The highest BCUT2D eigenvalue weighted by molar-refractivity contribution is 6.32. The fourth-order valence-electron chi connectivity index (χ4n) is 1.17. The van der Waals surface area contributed by atoms with E-state index in [1.807, 2.05) is 18.9 Å². The van der Waals surface area contributed by atoms with E-state index in [1.165, 1.54) is 13.3 Å². The molecule has 86 valence electrons. The van der Waals surface area contributed by atoms with E-state index in [1.54, 1.807) is 0 Å². The Bertz CT molecular complexity index is 404. The molecule has 0 aliphatic heterocycles. The lowest BCUT2D eigenvalue weighted by molar-refractivity contribution is 0.379. The third kappa shape index (κ3) is 2.74. The SMILES string of the molecule is COc1ncc(Cl)c(N(C)C(C)CC#N)n1. The Balaban J connectivity index is 2.98. The second kappa shape index (κ2) is 5.52. The van der Waals surface area contributed by atoms with Crippen LogP contribution in [0, 0.1) is 11.3 Å². The third-order valence-electron chi connectivity index (χ3n) is 2.27. The van der Waals surface area contributed by atoms with Crippen molar-refractivity contribution in [3.8, 4) is 12.1 Å². The molecule has 16 heavy (non-hydrogen) atoms. The van der Waals surface area contributed by atoms with Gasteiger partial charge in [-0.1, -0.05) is 11.6 Å². The van der Waals surface area contributed by atoms with Crippen LogP contribution >= 0.6 is 11.6 Å². The minimum atomic E-state index is 0.0297. The van der Waals surface area contributed by atoms with Crippen LogP contribution in [0.15, 0.2) is 6.20 Å². The van der Waals surface area contributed by atoms with Gasteiger partial charge >= 0.3 is 6.01 Å². The number of anilines is 1. The summed E-state index contributed by atoms with van der Waals surface area (Å²) in [7, 11) is 3.32. The number of nitrogens with zero attached hydrogens (tertiary/aromatic N) is 4. The van der Waals surface area contributed by atoms with E-state index in [9.17, 15) is 0 Å². The summed E-state index contributed by atoms with van der Waals surface area (Å²) < 4.78 is 4.93. The van der Waals surface area contributed by atoms with Gasteiger partial charge in [0.05, 0.1) is 25.8 Å². The molecule has 0 radical (unpaired) electrons. The first kappa shape index (κ1) is 12.5. The van der Waals surface area contributed by atoms with E-state index in [4.69, 9.17) is 21.6 Å². The van der Waals surface area contributed by atoms with Gasteiger partial charge in [0.15, 0.2) is 5.82 Å². The molecular formula is C10H13ClN4O. The van der Waals surface area contributed by atoms with Gasteiger partial charge in [0.2, 0.25) is 0 Å². The third-order valence-corrected chi connectivity index (χ3v) is 2.53. The summed E-state index contributed by atoms with van der Waals surface area (Å²) in [4.78, 5) is 9.86. The number of halogens is 1. The van der Waals surface area contributed by atoms with E-state index in [-0.39, 0.29) is 12.1 Å². The standard InChI is InChI=1S/C10H13ClN4O/c1-7(4-5-12)15(2)9-8(11)6-13-10(14-9)16-3/h6-7H,4H2,1-3H3. The number of methoxy groups -OCH3 is 1. The fraction of sp³-hybridized carbons (Fsp3) is 0.500. The number of hydrogen-bond donors (Lipinski definition) is 0. The van der Waals surface area contributed by atoms with Gasteiger partial charge in [-0.15, -0.1) is 0 Å². The molecule has 0 spiro atoms. The zero-order chi connectivity index (χ0) is 12.1. The molecule has 0 saturated carbocycles. The van der Waals surface area contributed by atoms with E-state index in [0.717, 1.165) is 0 Å². The lowest BCUT2D eigenvalue weighted by Crippen LogP contribution is -2.29. The van der Waals surface area contributed by atoms with Crippen molar-refractivity contribution in [1.82, 2.24) is 9.97 Å². The monoisotopic (exact) mass is 240 g/mol. The molecular weight excluding hydrogens is 228 g/mol. The Morgan fingerprint density at radius 3 is 2.94 bits per heavy atom. The maximum atomic E-state index is 8.64. The van der Waals surface area contributed by atoms with Crippen LogP contribution in [-0.2, 0) is 0 Å². The fourth-order valence-corrected chi connectivity index (χ4v) is 1.39. The highest BCUT2D eigenvalue weighted by Crippen LogP contribution is 2.25. The van der Waals surface area contributed by atoms with Crippen LogP contribution in [0.1, 0.15) is 13.3 Å². The molecule has 0 bridgehead atoms. The van der Waals surface area contributed by atoms with Crippen LogP contribution in [0.5, 0.6) is 6.01 Å². The van der Waals surface area contributed by atoms with Crippen molar-refractivity contribution in [2.75, 3.05) is 19.1 Å². The molecule has 1 rings (SSSR count). The zero-order valence-corrected chi connectivity index (χ0v) is 10.2. The average Bonchev–Trinajstić information content (AvgIpc) is 2.29. The van der Waals surface area contributed by atoms with Crippen molar-refractivity contribution >= 4 is 17.4 Å². The van der Waals surface area contributed by atoms with Gasteiger partial charge in [0, 0.05) is 13.1 Å². The second-order valence-electron chi connectivity index (χ2n) is 3.35. The molecule has 6 heteroatoms.